The number of carbonyl (C=O) groups is 2. The van der Waals surface area contributed by atoms with E-state index in [4.69, 9.17) is 11.6 Å². The first-order chi connectivity index (χ1) is 18.2. The summed E-state index contributed by atoms with van der Waals surface area (Å²) in [5.41, 5.74) is 2.10. The van der Waals surface area contributed by atoms with Crippen molar-refractivity contribution >= 4 is 39.1 Å². The van der Waals surface area contributed by atoms with Gasteiger partial charge in [-0.25, -0.2) is 8.42 Å². The van der Waals surface area contributed by atoms with Crippen LogP contribution < -0.4 is 9.62 Å². The van der Waals surface area contributed by atoms with Gasteiger partial charge in [-0.05, 0) is 56.5 Å². The van der Waals surface area contributed by atoms with E-state index < -0.39 is 28.5 Å². The van der Waals surface area contributed by atoms with Crippen molar-refractivity contribution in [1.29, 1.82) is 0 Å². The lowest BCUT2D eigenvalue weighted by Crippen LogP contribution is -2.53. The predicted octanol–water partition coefficient (Wildman–Crippen LogP) is 4.83. The smallest absolute Gasteiger partial charge is 0.264 e. The highest BCUT2D eigenvalue weighted by molar-refractivity contribution is 7.92. The van der Waals surface area contributed by atoms with Crippen molar-refractivity contribution in [3.8, 4) is 0 Å². The zero-order valence-electron chi connectivity index (χ0n) is 21.9. The molecular formula is C29H34ClN3O4S. The van der Waals surface area contributed by atoms with Crippen molar-refractivity contribution in [2.75, 3.05) is 23.9 Å². The van der Waals surface area contributed by atoms with Gasteiger partial charge in [0.2, 0.25) is 11.8 Å². The number of anilines is 1. The van der Waals surface area contributed by atoms with Gasteiger partial charge in [0.15, 0.2) is 0 Å². The summed E-state index contributed by atoms with van der Waals surface area (Å²) in [7, 11) is -4.15. The van der Waals surface area contributed by atoms with E-state index in [0.717, 1.165) is 15.4 Å². The van der Waals surface area contributed by atoms with Crippen molar-refractivity contribution in [2.24, 2.45) is 0 Å². The Kier molecular flexibility index (Phi) is 10.3. The quantitative estimate of drug-likeness (QED) is 0.347. The average molecular weight is 556 g/mol. The summed E-state index contributed by atoms with van der Waals surface area (Å²) in [6.07, 6.45) is 0.891. The molecule has 1 unspecified atom stereocenters. The molecule has 0 spiro atoms. The standard InChI is InChI=1S/C29H34ClN3O4S/c1-4-26(29(35)31-5-2)32(20-19-23-11-7-6-8-12-23)28(34)21-33(27-14-10-9-13-25(27)30)38(36,37)24-17-15-22(3)16-18-24/h6-18,26H,4-5,19-21H2,1-3H3,(H,31,35). The third kappa shape index (κ3) is 7.14. The van der Waals surface area contributed by atoms with Crippen LogP contribution in [0, 0.1) is 6.92 Å². The minimum Gasteiger partial charge on any atom is -0.355 e. The van der Waals surface area contributed by atoms with E-state index in [1.54, 1.807) is 36.4 Å². The van der Waals surface area contributed by atoms with Crippen molar-refractivity contribution < 1.29 is 18.0 Å². The van der Waals surface area contributed by atoms with E-state index in [0.29, 0.717) is 19.4 Å². The second kappa shape index (κ2) is 13.4. The maximum absolute atomic E-state index is 13.9. The van der Waals surface area contributed by atoms with Crippen LogP contribution in [0.4, 0.5) is 5.69 Å². The number of likely N-dealkylation sites (N-methyl/N-ethyl adjacent to an activating group) is 1. The zero-order chi connectivity index (χ0) is 27.7. The molecule has 3 rings (SSSR count). The monoisotopic (exact) mass is 555 g/mol. The van der Waals surface area contributed by atoms with E-state index >= 15 is 0 Å². The zero-order valence-corrected chi connectivity index (χ0v) is 23.5. The number of halogens is 1. The van der Waals surface area contributed by atoms with E-state index in [9.17, 15) is 18.0 Å². The molecule has 9 heteroatoms. The molecule has 0 aliphatic rings. The van der Waals surface area contributed by atoms with Crippen LogP contribution >= 0.6 is 11.6 Å². The minimum atomic E-state index is -4.15. The molecule has 0 bridgehead atoms. The molecule has 0 aliphatic heterocycles. The largest absolute Gasteiger partial charge is 0.355 e. The minimum absolute atomic E-state index is 0.0439. The molecule has 202 valence electrons. The Morgan fingerprint density at radius 3 is 2.16 bits per heavy atom. The highest BCUT2D eigenvalue weighted by Crippen LogP contribution is 2.30. The molecule has 0 aromatic heterocycles. The number of para-hydroxylation sites is 1. The molecule has 0 aliphatic carbocycles. The first-order valence-corrected chi connectivity index (χ1v) is 14.5. The maximum Gasteiger partial charge on any atom is 0.264 e. The fourth-order valence-electron chi connectivity index (χ4n) is 4.19. The number of benzene rings is 3. The Morgan fingerprint density at radius 2 is 1.55 bits per heavy atom. The van der Waals surface area contributed by atoms with Gasteiger partial charge in [-0.3, -0.25) is 13.9 Å². The Hall–Kier alpha value is -3.36. The Balaban J connectivity index is 2.01. The highest BCUT2D eigenvalue weighted by atomic mass is 35.5. The molecule has 0 saturated heterocycles. The first-order valence-electron chi connectivity index (χ1n) is 12.6. The van der Waals surface area contributed by atoms with Crippen molar-refractivity contribution in [2.45, 2.75) is 44.6 Å². The van der Waals surface area contributed by atoms with Gasteiger partial charge in [-0.2, -0.15) is 0 Å². The van der Waals surface area contributed by atoms with E-state index in [1.165, 1.54) is 17.0 Å². The summed E-state index contributed by atoms with van der Waals surface area (Å²) in [6, 6.07) is 21.8. The van der Waals surface area contributed by atoms with E-state index in [1.807, 2.05) is 51.1 Å². The molecule has 1 N–H and O–H groups in total. The molecule has 1 atom stereocenters. The molecule has 7 nitrogen and oxygen atoms in total. The molecule has 0 saturated carbocycles. The van der Waals surface area contributed by atoms with Crippen LogP contribution in [-0.2, 0) is 26.0 Å². The van der Waals surface area contributed by atoms with Gasteiger partial charge < -0.3 is 10.2 Å². The SMILES string of the molecule is CCNC(=O)C(CC)N(CCc1ccccc1)C(=O)CN(c1ccccc1Cl)S(=O)(=O)c1ccc(C)cc1. The van der Waals surface area contributed by atoms with Crippen molar-refractivity contribution in [3.05, 3.63) is 95.0 Å². The molecular weight excluding hydrogens is 522 g/mol. The summed E-state index contributed by atoms with van der Waals surface area (Å²) in [5.74, 6) is -0.767. The lowest BCUT2D eigenvalue weighted by molar-refractivity contribution is -0.139. The number of aryl methyl sites for hydroxylation is 1. The number of amides is 2. The van der Waals surface area contributed by atoms with E-state index in [2.05, 4.69) is 5.32 Å². The predicted molar refractivity (Wildman–Crippen MR) is 152 cm³/mol. The van der Waals surface area contributed by atoms with E-state index in [-0.39, 0.29) is 28.1 Å². The summed E-state index contributed by atoms with van der Waals surface area (Å²) < 4.78 is 28.7. The number of carbonyl (C=O) groups excluding carboxylic acids is 2. The number of hydrogen-bond donors (Lipinski definition) is 1. The summed E-state index contributed by atoms with van der Waals surface area (Å²) in [5, 5.41) is 3.00. The second-order valence-electron chi connectivity index (χ2n) is 8.92. The molecule has 2 amide bonds. The Labute approximate surface area is 230 Å². The Bertz CT molecular complexity index is 1330. The molecule has 3 aromatic carbocycles. The first kappa shape index (κ1) is 29.2. The van der Waals surface area contributed by atoms with Gasteiger partial charge in [-0.15, -0.1) is 0 Å². The van der Waals surface area contributed by atoms with Gasteiger partial charge >= 0.3 is 0 Å². The van der Waals surface area contributed by atoms with Crippen molar-refractivity contribution in [1.82, 2.24) is 10.2 Å². The summed E-state index contributed by atoms with van der Waals surface area (Å²) >= 11 is 6.43. The third-order valence-electron chi connectivity index (χ3n) is 6.23. The highest BCUT2D eigenvalue weighted by Gasteiger charge is 2.34. The normalized spacial score (nSPS) is 12.0. The van der Waals surface area contributed by atoms with Crippen LogP contribution in [-0.4, -0.2) is 50.8 Å². The topological polar surface area (TPSA) is 86.8 Å². The van der Waals surface area contributed by atoms with Crippen molar-refractivity contribution in [3.63, 3.8) is 0 Å². The van der Waals surface area contributed by atoms with Crippen LogP contribution in [0.25, 0.3) is 0 Å². The molecule has 0 heterocycles. The van der Waals surface area contributed by atoms with Gasteiger partial charge in [0.05, 0.1) is 15.6 Å². The third-order valence-corrected chi connectivity index (χ3v) is 8.32. The molecule has 38 heavy (non-hydrogen) atoms. The number of nitrogens with one attached hydrogen (secondary N) is 1. The molecule has 0 fully saturated rings. The van der Waals surface area contributed by atoms with Gasteiger partial charge in [0, 0.05) is 13.1 Å². The van der Waals surface area contributed by atoms with Crippen LogP contribution in [0.2, 0.25) is 5.02 Å². The van der Waals surface area contributed by atoms with Crippen LogP contribution in [0.15, 0.2) is 83.8 Å². The second-order valence-corrected chi connectivity index (χ2v) is 11.2. The Morgan fingerprint density at radius 1 is 0.921 bits per heavy atom. The van der Waals surface area contributed by atoms with Gasteiger partial charge in [-0.1, -0.05) is 78.7 Å². The fourth-order valence-corrected chi connectivity index (χ4v) is 5.91. The van der Waals surface area contributed by atoms with Crippen LogP contribution in [0.5, 0.6) is 0 Å². The fraction of sp³-hybridized carbons (Fsp3) is 0.310. The summed E-state index contributed by atoms with van der Waals surface area (Å²) in [4.78, 5) is 28.4. The van der Waals surface area contributed by atoms with Gasteiger partial charge in [0.1, 0.15) is 12.6 Å². The van der Waals surface area contributed by atoms with Gasteiger partial charge in [0.25, 0.3) is 10.0 Å². The number of hydrogen-bond acceptors (Lipinski definition) is 4. The number of sulfonamides is 1. The number of nitrogens with zero attached hydrogens (tertiary/aromatic N) is 2. The lowest BCUT2D eigenvalue weighted by Gasteiger charge is -2.33. The number of rotatable bonds is 12. The average Bonchev–Trinajstić information content (AvgIpc) is 2.91. The lowest BCUT2D eigenvalue weighted by atomic mass is 10.1. The maximum atomic E-state index is 13.9. The summed E-state index contributed by atoms with van der Waals surface area (Å²) in [6.45, 7) is 5.67. The molecule has 3 aromatic rings. The van der Waals surface area contributed by atoms with Crippen LogP contribution in [0.1, 0.15) is 31.4 Å². The van der Waals surface area contributed by atoms with Crippen LogP contribution in [0.3, 0.4) is 0 Å². The molecule has 0 radical (unpaired) electrons.